The van der Waals surface area contributed by atoms with Gasteiger partial charge in [0.05, 0.1) is 12.3 Å². The van der Waals surface area contributed by atoms with Gasteiger partial charge in [0.1, 0.15) is 0 Å². The van der Waals surface area contributed by atoms with Gasteiger partial charge in [0.2, 0.25) is 6.17 Å². The molecule has 1 heterocycles. The Morgan fingerprint density at radius 3 is 3.00 bits per heavy atom. The van der Waals surface area contributed by atoms with Gasteiger partial charge in [-0.25, -0.2) is 13.9 Å². The lowest BCUT2D eigenvalue weighted by atomic mass is 10.1. The van der Waals surface area contributed by atoms with Crippen LogP contribution in [0.15, 0.2) is 42.7 Å². The molecule has 0 aliphatic heterocycles. The van der Waals surface area contributed by atoms with Crippen LogP contribution in [0.2, 0.25) is 0 Å². The number of esters is 1. The van der Waals surface area contributed by atoms with E-state index >= 15 is 0 Å². The Labute approximate surface area is 104 Å². The first-order valence-corrected chi connectivity index (χ1v) is 5.63. The van der Waals surface area contributed by atoms with Crippen molar-refractivity contribution in [2.75, 3.05) is 6.61 Å². The normalized spacial score (nSPS) is 12.1. The maximum Gasteiger partial charge on any atom is 0.345 e. The number of carbonyl (C=O) groups is 1. The van der Waals surface area contributed by atoms with Crippen LogP contribution in [0.4, 0.5) is 4.39 Å². The van der Waals surface area contributed by atoms with E-state index in [4.69, 9.17) is 0 Å². The van der Waals surface area contributed by atoms with Crippen molar-refractivity contribution in [3.05, 3.63) is 48.3 Å². The Morgan fingerprint density at radius 2 is 2.33 bits per heavy atom. The molecule has 0 N–H and O–H groups in total. The maximum atomic E-state index is 13.8. The second-order valence-corrected chi connectivity index (χ2v) is 3.66. The number of hydrogen-bond acceptors (Lipinski definition) is 3. The van der Waals surface area contributed by atoms with E-state index in [1.807, 2.05) is 0 Å². The van der Waals surface area contributed by atoms with Crippen LogP contribution >= 0.6 is 0 Å². The van der Waals surface area contributed by atoms with E-state index in [1.165, 1.54) is 0 Å². The quantitative estimate of drug-likeness (QED) is 0.780. The molecule has 0 aliphatic rings. The Balaban J connectivity index is 2.25. The van der Waals surface area contributed by atoms with Crippen LogP contribution in [-0.4, -0.2) is 22.4 Å². The number of rotatable bonds is 4. The SMILES string of the molecule is CCOC(=O)C(F)c1cccc(-n2cccn2)c1. The van der Waals surface area contributed by atoms with Crippen LogP contribution in [0, 0.1) is 0 Å². The lowest BCUT2D eigenvalue weighted by molar-refractivity contribution is -0.149. The highest BCUT2D eigenvalue weighted by atomic mass is 19.1. The fourth-order valence-electron chi connectivity index (χ4n) is 1.60. The summed E-state index contributed by atoms with van der Waals surface area (Å²) in [6.45, 7) is 1.81. The van der Waals surface area contributed by atoms with Gasteiger partial charge in [-0.3, -0.25) is 0 Å². The number of nitrogens with zero attached hydrogens (tertiary/aromatic N) is 2. The molecule has 0 fully saturated rings. The van der Waals surface area contributed by atoms with Gasteiger partial charge in [0.25, 0.3) is 0 Å². The molecule has 1 aromatic heterocycles. The van der Waals surface area contributed by atoms with Crippen molar-refractivity contribution < 1.29 is 13.9 Å². The van der Waals surface area contributed by atoms with Gasteiger partial charge in [-0.1, -0.05) is 12.1 Å². The third-order valence-corrected chi connectivity index (χ3v) is 2.43. The third kappa shape index (κ3) is 2.56. The number of hydrogen-bond donors (Lipinski definition) is 0. The first-order valence-electron chi connectivity index (χ1n) is 5.63. The highest BCUT2D eigenvalue weighted by molar-refractivity contribution is 5.76. The summed E-state index contributed by atoms with van der Waals surface area (Å²) in [5.74, 6) is -0.866. The summed E-state index contributed by atoms with van der Waals surface area (Å²) >= 11 is 0. The molecule has 2 rings (SSSR count). The minimum Gasteiger partial charge on any atom is -0.464 e. The van der Waals surface area contributed by atoms with Crippen LogP contribution in [0.25, 0.3) is 5.69 Å². The zero-order valence-corrected chi connectivity index (χ0v) is 9.91. The summed E-state index contributed by atoms with van der Waals surface area (Å²) in [5, 5.41) is 4.05. The Kier molecular flexibility index (Phi) is 3.72. The molecular weight excluding hydrogens is 235 g/mol. The second-order valence-electron chi connectivity index (χ2n) is 3.66. The van der Waals surface area contributed by atoms with Crippen molar-refractivity contribution in [2.45, 2.75) is 13.1 Å². The summed E-state index contributed by atoms with van der Waals surface area (Å²) in [4.78, 5) is 11.3. The lowest BCUT2D eigenvalue weighted by Crippen LogP contribution is -2.12. The van der Waals surface area contributed by atoms with Crippen LogP contribution in [0.1, 0.15) is 18.7 Å². The highest BCUT2D eigenvalue weighted by Crippen LogP contribution is 2.21. The second kappa shape index (κ2) is 5.44. The Bertz CT molecular complexity index is 526. The predicted molar refractivity (Wildman–Crippen MR) is 64.0 cm³/mol. The standard InChI is InChI=1S/C13H13FN2O2/c1-2-18-13(17)12(14)10-5-3-6-11(9-10)16-8-4-7-15-16/h3-9,12H,2H2,1H3. The molecule has 0 saturated heterocycles. The van der Waals surface area contributed by atoms with Gasteiger partial charge >= 0.3 is 5.97 Å². The van der Waals surface area contributed by atoms with E-state index in [0.29, 0.717) is 5.69 Å². The molecule has 18 heavy (non-hydrogen) atoms. The Hall–Kier alpha value is -2.17. The molecule has 1 aromatic carbocycles. The van der Waals surface area contributed by atoms with E-state index in [0.717, 1.165) is 0 Å². The number of benzene rings is 1. The highest BCUT2D eigenvalue weighted by Gasteiger charge is 2.21. The minimum absolute atomic E-state index is 0.165. The van der Waals surface area contributed by atoms with Crippen LogP contribution < -0.4 is 0 Å². The number of ether oxygens (including phenoxy) is 1. The fraction of sp³-hybridized carbons (Fsp3) is 0.231. The molecule has 2 aromatic rings. The topological polar surface area (TPSA) is 44.1 Å². The van der Waals surface area contributed by atoms with Gasteiger partial charge in [0, 0.05) is 12.4 Å². The molecule has 0 saturated carbocycles. The smallest absolute Gasteiger partial charge is 0.345 e. The van der Waals surface area contributed by atoms with Crippen molar-refractivity contribution in [1.29, 1.82) is 0 Å². The van der Waals surface area contributed by atoms with Crippen molar-refractivity contribution in [3.63, 3.8) is 0 Å². The Morgan fingerprint density at radius 1 is 1.50 bits per heavy atom. The molecular formula is C13H13FN2O2. The van der Waals surface area contributed by atoms with Crippen LogP contribution in [0.5, 0.6) is 0 Å². The average molecular weight is 248 g/mol. The number of aromatic nitrogens is 2. The average Bonchev–Trinajstić information content (AvgIpc) is 2.92. The van der Waals surface area contributed by atoms with E-state index in [1.54, 1.807) is 54.3 Å². The first kappa shape index (κ1) is 12.3. The molecule has 94 valence electrons. The van der Waals surface area contributed by atoms with Gasteiger partial charge in [0.15, 0.2) is 0 Å². The van der Waals surface area contributed by atoms with Crippen LogP contribution in [-0.2, 0) is 9.53 Å². The summed E-state index contributed by atoms with van der Waals surface area (Å²) in [5.41, 5.74) is 0.964. The number of halogens is 1. The van der Waals surface area contributed by atoms with E-state index in [-0.39, 0.29) is 12.2 Å². The summed E-state index contributed by atoms with van der Waals surface area (Å²) in [6.07, 6.45) is 1.61. The fourth-order valence-corrected chi connectivity index (χ4v) is 1.60. The van der Waals surface area contributed by atoms with Gasteiger partial charge in [-0.05, 0) is 30.7 Å². The molecule has 0 spiro atoms. The third-order valence-electron chi connectivity index (χ3n) is 2.43. The van der Waals surface area contributed by atoms with E-state index in [9.17, 15) is 9.18 Å². The molecule has 1 unspecified atom stereocenters. The van der Waals surface area contributed by atoms with E-state index < -0.39 is 12.1 Å². The first-order chi connectivity index (χ1) is 8.72. The van der Waals surface area contributed by atoms with Crippen molar-refractivity contribution in [2.24, 2.45) is 0 Å². The largest absolute Gasteiger partial charge is 0.464 e. The molecule has 5 heteroatoms. The molecule has 1 atom stereocenters. The van der Waals surface area contributed by atoms with Gasteiger partial charge < -0.3 is 4.74 Å². The predicted octanol–water partition coefficient (Wildman–Crippen LogP) is 2.45. The summed E-state index contributed by atoms with van der Waals surface area (Å²) in [6, 6.07) is 8.36. The summed E-state index contributed by atoms with van der Waals surface area (Å²) < 4.78 is 20.1. The van der Waals surface area contributed by atoms with Crippen molar-refractivity contribution in [1.82, 2.24) is 9.78 Å². The number of carbonyl (C=O) groups excluding carboxylic acids is 1. The minimum atomic E-state index is -1.76. The molecule has 0 aliphatic carbocycles. The van der Waals surface area contributed by atoms with Crippen molar-refractivity contribution in [3.8, 4) is 5.69 Å². The molecule has 0 bridgehead atoms. The van der Waals surface area contributed by atoms with Crippen LogP contribution in [0.3, 0.4) is 0 Å². The maximum absolute atomic E-state index is 13.8. The lowest BCUT2D eigenvalue weighted by Gasteiger charge is -2.09. The van der Waals surface area contributed by atoms with Gasteiger partial charge in [-0.2, -0.15) is 5.10 Å². The zero-order valence-electron chi connectivity index (χ0n) is 9.91. The zero-order chi connectivity index (χ0) is 13.0. The monoisotopic (exact) mass is 248 g/mol. The molecule has 0 amide bonds. The van der Waals surface area contributed by atoms with Crippen molar-refractivity contribution >= 4 is 5.97 Å². The van der Waals surface area contributed by atoms with E-state index in [2.05, 4.69) is 9.84 Å². The van der Waals surface area contributed by atoms with Gasteiger partial charge in [-0.15, -0.1) is 0 Å². The number of alkyl halides is 1. The summed E-state index contributed by atoms with van der Waals surface area (Å²) in [7, 11) is 0. The molecule has 0 radical (unpaired) electrons. The molecule has 4 nitrogen and oxygen atoms in total.